The standard InChI is InChI=1S/C24H41NO2.C20H39NO2/c1-17(2)23(26)22(25(8)18(3)4)20(6)19(5)14-15-24(7,27)16-21-12-10-9-11-13-21;1-10-12-20(8,23)13-11-16(6)17(7)18(19(22)14(2)3)21(9)15(4)5/h9-13,17-20,22,27H,14-16H2,1-8H3;10,14-18,23H,1,11-13H2,2-9H3/t19-,20-,22+,24?;16-,17-,18+,20?/m11/s1. The molecule has 0 aliphatic rings. The quantitative estimate of drug-likeness (QED) is 0.117. The van der Waals surface area contributed by atoms with Gasteiger partial charge in [0.2, 0.25) is 0 Å². The van der Waals surface area contributed by atoms with Crippen molar-refractivity contribution < 1.29 is 19.8 Å². The summed E-state index contributed by atoms with van der Waals surface area (Å²) in [5.74, 6) is 1.96. The van der Waals surface area contributed by atoms with Crippen molar-refractivity contribution in [3.8, 4) is 0 Å². The van der Waals surface area contributed by atoms with E-state index < -0.39 is 11.2 Å². The highest BCUT2D eigenvalue weighted by Crippen LogP contribution is 2.31. The molecular weight excluding hydrogens is 620 g/mol. The third-order valence-corrected chi connectivity index (χ3v) is 11.3. The largest absolute Gasteiger partial charge is 0.390 e. The first-order valence-corrected chi connectivity index (χ1v) is 19.5. The fraction of sp³-hybridized carbons (Fsp3) is 0.773. The zero-order chi connectivity index (χ0) is 39.1. The van der Waals surface area contributed by atoms with Gasteiger partial charge in [-0.1, -0.05) is 91.8 Å². The van der Waals surface area contributed by atoms with Crippen LogP contribution in [0, 0.1) is 35.5 Å². The van der Waals surface area contributed by atoms with Crippen LogP contribution in [0.15, 0.2) is 43.0 Å². The topological polar surface area (TPSA) is 81.1 Å². The van der Waals surface area contributed by atoms with Gasteiger partial charge in [0.25, 0.3) is 0 Å². The van der Waals surface area contributed by atoms with Crippen LogP contribution < -0.4 is 0 Å². The number of nitrogens with zero attached hydrogens (tertiary/aromatic N) is 2. The maximum absolute atomic E-state index is 12.9. The van der Waals surface area contributed by atoms with Gasteiger partial charge in [0, 0.05) is 30.3 Å². The highest BCUT2D eigenvalue weighted by molar-refractivity contribution is 5.86. The van der Waals surface area contributed by atoms with Gasteiger partial charge in [0.05, 0.1) is 23.3 Å². The van der Waals surface area contributed by atoms with Crippen molar-refractivity contribution in [3.05, 3.63) is 48.6 Å². The molecular formula is C44H80N2O4. The summed E-state index contributed by atoms with van der Waals surface area (Å²) in [7, 11) is 4.11. The Balaban J connectivity index is 0.000000974. The van der Waals surface area contributed by atoms with Crippen molar-refractivity contribution in [2.45, 2.75) is 171 Å². The SMILES string of the molecule is C=CCC(C)(O)CC[C@@H](C)[C@@H](C)[C@@H](C(=O)C(C)C)N(C)C(C)C.CC(C)C(=O)[C@H]([C@H](C)[C@H](C)CCC(C)(O)Cc1ccccc1)N(C)C(C)C. The van der Waals surface area contributed by atoms with E-state index in [-0.39, 0.29) is 35.8 Å². The molecule has 2 unspecified atom stereocenters. The second kappa shape index (κ2) is 22.3. The van der Waals surface area contributed by atoms with E-state index in [4.69, 9.17) is 0 Å². The van der Waals surface area contributed by atoms with Gasteiger partial charge in [-0.15, -0.1) is 6.58 Å². The van der Waals surface area contributed by atoms with E-state index in [1.54, 1.807) is 6.08 Å². The zero-order valence-corrected chi connectivity index (χ0v) is 35.3. The molecule has 1 rings (SSSR count). The van der Waals surface area contributed by atoms with Gasteiger partial charge in [0.1, 0.15) is 0 Å². The molecule has 1 aromatic rings. The van der Waals surface area contributed by atoms with E-state index >= 15 is 0 Å². The molecule has 0 aromatic heterocycles. The fourth-order valence-electron chi connectivity index (χ4n) is 6.75. The maximum Gasteiger partial charge on any atom is 0.152 e. The summed E-state index contributed by atoms with van der Waals surface area (Å²) in [4.78, 5) is 30.0. The summed E-state index contributed by atoms with van der Waals surface area (Å²) < 4.78 is 0. The summed E-state index contributed by atoms with van der Waals surface area (Å²) in [5.41, 5.74) is -0.260. The highest BCUT2D eigenvalue weighted by atomic mass is 16.3. The normalized spacial score (nSPS) is 18.2. The maximum atomic E-state index is 12.9. The molecule has 0 bridgehead atoms. The molecule has 0 spiro atoms. The molecule has 0 fully saturated rings. The summed E-state index contributed by atoms with van der Waals surface area (Å²) in [6.45, 7) is 32.8. The Morgan fingerprint density at radius 2 is 1.04 bits per heavy atom. The van der Waals surface area contributed by atoms with Gasteiger partial charge in [-0.05, 0) is 117 Å². The Hall–Kier alpha value is -1.86. The molecule has 0 saturated carbocycles. The third kappa shape index (κ3) is 16.7. The molecule has 0 radical (unpaired) electrons. The average Bonchev–Trinajstić information content (AvgIpc) is 3.02. The minimum absolute atomic E-state index is 0.0343. The number of Topliss-reactive ketones (excluding diaryl/α,β-unsaturated/α-hetero) is 2. The molecule has 0 aliphatic carbocycles. The lowest BCUT2D eigenvalue weighted by molar-refractivity contribution is -0.130. The molecule has 6 heteroatoms. The molecule has 6 nitrogen and oxygen atoms in total. The molecule has 0 aliphatic heterocycles. The van der Waals surface area contributed by atoms with E-state index in [1.165, 1.54) is 0 Å². The number of ketones is 2. The van der Waals surface area contributed by atoms with Crippen LogP contribution in [0.3, 0.4) is 0 Å². The molecule has 2 N–H and O–H groups in total. The molecule has 1 aromatic carbocycles. The summed E-state index contributed by atoms with van der Waals surface area (Å²) in [5, 5.41) is 21.2. The van der Waals surface area contributed by atoms with E-state index in [0.717, 1.165) is 31.2 Å². The van der Waals surface area contributed by atoms with Crippen LogP contribution in [-0.4, -0.2) is 81.0 Å². The highest BCUT2D eigenvalue weighted by Gasteiger charge is 2.36. The van der Waals surface area contributed by atoms with Crippen LogP contribution in [0.1, 0.15) is 135 Å². The lowest BCUT2D eigenvalue weighted by Crippen LogP contribution is -2.49. The predicted octanol–water partition coefficient (Wildman–Crippen LogP) is 9.27. The minimum atomic E-state index is -0.725. The molecule has 0 heterocycles. The van der Waals surface area contributed by atoms with Crippen LogP contribution in [-0.2, 0) is 16.0 Å². The van der Waals surface area contributed by atoms with E-state index in [1.807, 2.05) is 66.8 Å². The molecule has 0 saturated heterocycles. The summed E-state index contributed by atoms with van der Waals surface area (Å²) >= 11 is 0. The van der Waals surface area contributed by atoms with Gasteiger partial charge < -0.3 is 10.2 Å². The lowest BCUT2D eigenvalue weighted by atomic mass is 9.78. The van der Waals surface area contributed by atoms with E-state index in [2.05, 4.69) is 90.9 Å². The van der Waals surface area contributed by atoms with Gasteiger partial charge in [-0.25, -0.2) is 0 Å². The number of benzene rings is 1. The second-order valence-electron chi connectivity index (χ2n) is 17.4. The van der Waals surface area contributed by atoms with Gasteiger partial charge in [-0.3, -0.25) is 19.4 Å². The number of carbonyl (C=O) groups is 2. The molecule has 8 atom stereocenters. The van der Waals surface area contributed by atoms with Crippen molar-refractivity contribution in [1.82, 2.24) is 9.80 Å². The second-order valence-corrected chi connectivity index (χ2v) is 17.4. The van der Waals surface area contributed by atoms with Crippen molar-refractivity contribution in [3.63, 3.8) is 0 Å². The van der Waals surface area contributed by atoms with Crippen molar-refractivity contribution in [1.29, 1.82) is 0 Å². The first-order valence-electron chi connectivity index (χ1n) is 19.5. The Labute approximate surface area is 309 Å². The average molecular weight is 701 g/mol. The zero-order valence-electron chi connectivity index (χ0n) is 35.3. The van der Waals surface area contributed by atoms with Gasteiger partial charge >= 0.3 is 0 Å². The Kier molecular flexibility index (Phi) is 21.4. The Bertz CT molecular complexity index is 1110. The van der Waals surface area contributed by atoms with Gasteiger partial charge in [0.15, 0.2) is 11.6 Å². The molecule has 0 amide bonds. The van der Waals surface area contributed by atoms with Crippen LogP contribution in [0.2, 0.25) is 0 Å². The number of rotatable bonds is 22. The molecule has 50 heavy (non-hydrogen) atoms. The number of carbonyl (C=O) groups excluding carboxylic acids is 2. The number of aliphatic hydroxyl groups is 2. The summed E-state index contributed by atoms with van der Waals surface area (Å²) in [6, 6.07) is 10.7. The van der Waals surface area contributed by atoms with E-state index in [9.17, 15) is 19.8 Å². The number of hydrogen-bond donors (Lipinski definition) is 2. The number of likely N-dealkylation sites (N-methyl/N-ethyl adjacent to an activating group) is 2. The predicted molar refractivity (Wildman–Crippen MR) is 214 cm³/mol. The van der Waals surface area contributed by atoms with Crippen molar-refractivity contribution in [2.24, 2.45) is 35.5 Å². The smallest absolute Gasteiger partial charge is 0.152 e. The first kappa shape index (κ1) is 48.1. The number of hydrogen-bond acceptors (Lipinski definition) is 6. The minimum Gasteiger partial charge on any atom is -0.390 e. The Morgan fingerprint density at radius 1 is 0.680 bits per heavy atom. The van der Waals surface area contributed by atoms with E-state index in [0.29, 0.717) is 48.3 Å². The lowest BCUT2D eigenvalue weighted by Gasteiger charge is -2.38. The molecule has 290 valence electrons. The van der Waals surface area contributed by atoms with Gasteiger partial charge in [-0.2, -0.15) is 0 Å². The van der Waals surface area contributed by atoms with Crippen LogP contribution in [0.4, 0.5) is 0 Å². The van der Waals surface area contributed by atoms with Crippen LogP contribution in [0.5, 0.6) is 0 Å². The Morgan fingerprint density at radius 3 is 1.36 bits per heavy atom. The monoisotopic (exact) mass is 701 g/mol. The van der Waals surface area contributed by atoms with Crippen LogP contribution in [0.25, 0.3) is 0 Å². The first-order chi connectivity index (χ1) is 22.9. The fourth-order valence-corrected chi connectivity index (χ4v) is 6.75. The van der Waals surface area contributed by atoms with Crippen molar-refractivity contribution >= 4 is 11.6 Å². The summed E-state index contributed by atoms with van der Waals surface area (Å²) in [6.07, 6.45) is 6.33. The van der Waals surface area contributed by atoms with Crippen molar-refractivity contribution in [2.75, 3.05) is 14.1 Å². The van der Waals surface area contributed by atoms with Crippen LogP contribution >= 0.6 is 0 Å². The third-order valence-electron chi connectivity index (χ3n) is 11.3.